The SMILES string of the molecule is CCCCC(C)N1CCCC(C(=O)c2ccc3cc(C(=O)N(C)C)ccc3c2)C1. The Morgan fingerprint density at radius 1 is 1.10 bits per heavy atom. The van der Waals surface area contributed by atoms with Crippen molar-refractivity contribution >= 4 is 22.5 Å². The van der Waals surface area contributed by atoms with Crippen molar-refractivity contribution in [2.45, 2.75) is 52.0 Å². The number of rotatable bonds is 7. The molecule has 0 aromatic heterocycles. The Balaban J connectivity index is 1.74. The molecule has 156 valence electrons. The summed E-state index contributed by atoms with van der Waals surface area (Å²) in [6.07, 6.45) is 5.75. The largest absolute Gasteiger partial charge is 0.345 e. The van der Waals surface area contributed by atoms with Crippen molar-refractivity contribution < 1.29 is 9.59 Å². The van der Waals surface area contributed by atoms with E-state index < -0.39 is 0 Å². The number of piperidine rings is 1. The number of hydrogen-bond donors (Lipinski definition) is 0. The predicted octanol–water partition coefficient (Wildman–Crippen LogP) is 5.02. The molecule has 0 spiro atoms. The highest BCUT2D eigenvalue weighted by Crippen LogP contribution is 2.26. The van der Waals surface area contributed by atoms with E-state index in [1.54, 1.807) is 19.0 Å². The van der Waals surface area contributed by atoms with Crippen LogP contribution in [0, 0.1) is 5.92 Å². The number of fused-ring (bicyclic) bond motifs is 1. The van der Waals surface area contributed by atoms with Gasteiger partial charge in [0.05, 0.1) is 0 Å². The first-order valence-electron chi connectivity index (χ1n) is 10.9. The van der Waals surface area contributed by atoms with Gasteiger partial charge in [0.2, 0.25) is 0 Å². The number of hydrogen-bond acceptors (Lipinski definition) is 3. The van der Waals surface area contributed by atoms with Crippen molar-refractivity contribution in [1.82, 2.24) is 9.80 Å². The van der Waals surface area contributed by atoms with Crippen LogP contribution in [0.2, 0.25) is 0 Å². The van der Waals surface area contributed by atoms with Crippen LogP contribution in [0.1, 0.15) is 66.7 Å². The van der Waals surface area contributed by atoms with Crippen molar-refractivity contribution in [3.05, 3.63) is 47.5 Å². The van der Waals surface area contributed by atoms with E-state index in [-0.39, 0.29) is 17.6 Å². The molecule has 3 rings (SSSR count). The fourth-order valence-corrected chi connectivity index (χ4v) is 4.33. The Labute approximate surface area is 174 Å². The van der Waals surface area contributed by atoms with Gasteiger partial charge < -0.3 is 4.90 Å². The molecule has 0 saturated carbocycles. The molecule has 1 amide bonds. The van der Waals surface area contributed by atoms with Crippen LogP contribution in [0.15, 0.2) is 36.4 Å². The van der Waals surface area contributed by atoms with Gasteiger partial charge in [-0.2, -0.15) is 0 Å². The number of ketones is 1. The summed E-state index contributed by atoms with van der Waals surface area (Å²) in [5.74, 6) is 0.333. The van der Waals surface area contributed by atoms with Gasteiger partial charge in [-0.05, 0) is 61.7 Å². The highest BCUT2D eigenvalue weighted by Gasteiger charge is 2.28. The Hall–Kier alpha value is -2.20. The lowest BCUT2D eigenvalue weighted by molar-refractivity contribution is 0.0757. The van der Waals surface area contributed by atoms with Gasteiger partial charge in [-0.1, -0.05) is 38.0 Å². The first-order valence-corrected chi connectivity index (χ1v) is 10.9. The van der Waals surface area contributed by atoms with Gasteiger partial charge in [-0.25, -0.2) is 0 Å². The molecule has 1 fully saturated rings. The number of nitrogens with zero attached hydrogens (tertiary/aromatic N) is 2. The Kier molecular flexibility index (Phi) is 7.07. The number of amides is 1. The fourth-order valence-electron chi connectivity index (χ4n) is 4.33. The van der Waals surface area contributed by atoms with Crippen LogP contribution in [-0.4, -0.2) is 54.7 Å². The standard InChI is InChI=1S/C25H34N2O2/c1-5-6-8-18(2)27-14-7-9-23(17-27)24(28)21-12-10-20-16-22(25(29)26(3)4)13-11-19(20)15-21/h10-13,15-16,18,23H,5-9,14,17H2,1-4H3. The second-order valence-corrected chi connectivity index (χ2v) is 8.67. The Bertz CT molecular complexity index is 874. The summed E-state index contributed by atoms with van der Waals surface area (Å²) >= 11 is 0. The second kappa shape index (κ2) is 9.53. The lowest BCUT2D eigenvalue weighted by Crippen LogP contribution is -2.43. The zero-order valence-corrected chi connectivity index (χ0v) is 18.3. The number of carbonyl (C=O) groups is 2. The van der Waals surface area contributed by atoms with Gasteiger partial charge in [0.15, 0.2) is 5.78 Å². The van der Waals surface area contributed by atoms with E-state index >= 15 is 0 Å². The molecule has 0 bridgehead atoms. The maximum atomic E-state index is 13.2. The summed E-state index contributed by atoms with van der Waals surface area (Å²) in [6, 6.07) is 12.1. The third kappa shape index (κ3) is 5.05. The van der Waals surface area contributed by atoms with Crippen LogP contribution in [0.5, 0.6) is 0 Å². The molecule has 2 atom stereocenters. The molecule has 1 saturated heterocycles. The molecular formula is C25H34N2O2. The number of likely N-dealkylation sites (tertiary alicyclic amines) is 1. The summed E-state index contributed by atoms with van der Waals surface area (Å²) in [4.78, 5) is 29.5. The summed E-state index contributed by atoms with van der Waals surface area (Å²) in [7, 11) is 3.51. The molecule has 1 heterocycles. The van der Waals surface area contributed by atoms with Crippen molar-refractivity contribution in [2.24, 2.45) is 5.92 Å². The molecule has 0 aliphatic carbocycles. The average molecular weight is 395 g/mol. The topological polar surface area (TPSA) is 40.6 Å². The molecule has 2 unspecified atom stereocenters. The number of Topliss-reactive ketones (excluding diaryl/α,β-unsaturated/α-hetero) is 1. The van der Waals surface area contributed by atoms with E-state index in [1.807, 2.05) is 36.4 Å². The number of benzene rings is 2. The molecule has 0 N–H and O–H groups in total. The van der Waals surface area contributed by atoms with Gasteiger partial charge in [-0.15, -0.1) is 0 Å². The van der Waals surface area contributed by atoms with Gasteiger partial charge in [-0.3, -0.25) is 14.5 Å². The first kappa shape index (κ1) is 21.5. The molecule has 1 aliphatic heterocycles. The van der Waals surface area contributed by atoms with Crippen LogP contribution in [0.25, 0.3) is 10.8 Å². The maximum Gasteiger partial charge on any atom is 0.253 e. The molecule has 2 aromatic carbocycles. The van der Waals surface area contributed by atoms with E-state index in [1.165, 1.54) is 19.3 Å². The molecule has 1 aliphatic rings. The minimum atomic E-state index is -0.00783. The average Bonchev–Trinajstić information content (AvgIpc) is 2.75. The Morgan fingerprint density at radius 3 is 2.41 bits per heavy atom. The van der Waals surface area contributed by atoms with Gasteiger partial charge in [0.25, 0.3) is 5.91 Å². The lowest BCUT2D eigenvalue weighted by atomic mass is 9.88. The smallest absolute Gasteiger partial charge is 0.253 e. The summed E-state index contributed by atoms with van der Waals surface area (Å²) in [5.41, 5.74) is 1.46. The van der Waals surface area contributed by atoms with Crippen LogP contribution in [0.4, 0.5) is 0 Å². The molecular weight excluding hydrogens is 360 g/mol. The fraction of sp³-hybridized carbons (Fsp3) is 0.520. The van der Waals surface area contributed by atoms with Crippen molar-refractivity contribution in [3.8, 4) is 0 Å². The summed E-state index contributed by atoms with van der Waals surface area (Å²) < 4.78 is 0. The maximum absolute atomic E-state index is 13.2. The summed E-state index contributed by atoms with van der Waals surface area (Å²) in [6.45, 7) is 6.51. The molecule has 2 aromatic rings. The lowest BCUT2D eigenvalue weighted by Gasteiger charge is -2.36. The monoisotopic (exact) mass is 394 g/mol. The van der Waals surface area contributed by atoms with Gasteiger partial charge in [0.1, 0.15) is 0 Å². The molecule has 29 heavy (non-hydrogen) atoms. The van der Waals surface area contributed by atoms with E-state index in [2.05, 4.69) is 18.7 Å². The third-order valence-corrected chi connectivity index (χ3v) is 6.20. The van der Waals surface area contributed by atoms with Crippen molar-refractivity contribution in [2.75, 3.05) is 27.2 Å². The minimum absolute atomic E-state index is 0.00783. The van der Waals surface area contributed by atoms with Gasteiger partial charge >= 0.3 is 0 Å². The Morgan fingerprint density at radius 2 is 1.76 bits per heavy atom. The summed E-state index contributed by atoms with van der Waals surface area (Å²) in [5, 5.41) is 2.00. The molecule has 4 nitrogen and oxygen atoms in total. The minimum Gasteiger partial charge on any atom is -0.345 e. The first-order chi connectivity index (χ1) is 13.9. The van der Waals surface area contributed by atoms with Crippen LogP contribution < -0.4 is 0 Å². The van der Waals surface area contributed by atoms with E-state index in [0.29, 0.717) is 11.6 Å². The third-order valence-electron chi connectivity index (χ3n) is 6.20. The van der Waals surface area contributed by atoms with E-state index in [0.717, 1.165) is 42.3 Å². The van der Waals surface area contributed by atoms with Crippen LogP contribution in [0.3, 0.4) is 0 Å². The van der Waals surface area contributed by atoms with Gasteiger partial charge in [0, 0.05) is 43.7 Å². The normalized spacial score (nSPS) is 18.6. The predicted molar refractivity (Wildman–Crippen MR) is 120 cm³/mol. The number of carbonyl (C=O) groups excluding carboxylic acids is 2. The zero-order chi connectivity index (χ0) is 21.0. The number of unbranched alkanes of at least 4 members (excludes halogenated alkanes) is 1. The van der Waals surface area contributed by atoms with Crippen molar-refractivity contribution in [3.63, 3.8) is 0 Å². The van der Waals surface area contributed by atoms with E-state index in [4.69, 9.17) is 0 Å². The van der Waals surface area contributed by atoms with Crippen LogP contribution >= 0.6 is 0 Å². The second-order valence-electron chi connectivity index (χ2n) is 8.67. The van der Waals surface area contributed by atoms with Crippen LogP contribution in [-0.2, 0) is 0 Å². The van der Waals surface area contributed by atoms with E-state index in [9.17, 15) is 9.59 Å². The molecule has 0 radical (unpaired) electrons. The zero-order valence-electron chi connectivity index (χ0n) is 18.3. The highest BCUT2D eigenvalue weighted by atomic mass is 16.2. The van der Waals surface area contributed by atoms with Crippen molar-refractivity contribution in [1.29, 1.82) is 0 Å². The highest BCUT2D eigenvalue weighted by molar-refractivity contribution is 6.03. The molecule has 4 heteroatoms. The quantitative estimate of drug-likeness (QED) is 0.620.